The molecule has 7 heteroatoms. The zero-order valence-corrected chi connectivity index (χ0v) is 10.7. The molecule has 0 aromatic heterocycles. The molecule has 1 aromatic carbocycles. The first-order chi connectivity index (χ1) is 8.36. The summed E-state index contributed by atoms with van der Waals surface area (Å²) in [4.78, 5) is 0.0738. The number of unbranched alkanes of at least 4 members (excludes halogenated alkanes) is 1. The average Bonchev–Trinajstić information content (AvgIpc) is 2.28. The van der Waals surface area contributed by atoms with Gasteiger partial charge in [-0.25, -0.2) is 0 Å². The Bertz CT molecular complexity index is 496. The number of nitrogens with zero attached hydrogens (tertiary/aromatic N) is 1. The van der Waals surface area contributed by atoms with Crippen LogP contribution in [0.2, 0.25) is 5.02 Å². The number of hydrogen-bond acceptors (Lipinski definition) is 2. The maximum Gasteiger partial charge on any atom is 0.417 e. The van der Waals surface area contributed by atoms with Crippen molar-refractivity contribution in [3.05, 3.63) is 28.8 Å². The van der Waals surface area contributed by atoms with Crippen LogP contribution in [0.1, 0.15) is 18.4 Å². The topological polar surface area (TPSA) is 40.9 Å². The molecule has 98 valence electrons. The molecule has 0 bridgehead atoms. The third kappa shape index (κ3) is 4.00. The molecule has 1 atom stereocenters. The van der Waals surface area contributed by atoms with Crippen molar-refractivity contribution in [2.24, 2.45) is 0 Å². The third-order valence-electron chi connectivity index (χ3n) is 2.12. The molecule has 0 aliphatic heterocycles. The standard InChI is InChI=1S/C11H9ClF3NOS/c12-10-4-3-8(7-9(10)11(13,14)15)18(17)6-2-1-5-16/h3-4,7H,1-2,6H2/t18-/m1/s1. The van der Waals surface area contributed by atoms with Crippen molar-refractivity contribution in [1.29, 1.82) is 5.26 Å². The van der Waals surface area contributed by atoms with Crippen LogP contribution in [0.4, 0.5) is 13.2 Å². The largest absolute Gasteiger partial charge is 0.417 e. The fourth-order valence-corrected chi connectivity index (χ4v) is 2.60. The Hall–Kier alpha value is -1.06. The van der Waals surface area contributed by atoms with Gasteiger partial charge in [-0.15, -0.1) is 0 Å². The number of rotatable bonds is 4. The Balaban J connectivity index is 2.92. The van der Waals surface area contributed by atoms with Gasteiger partial charge in [-0.2, -0.15) is 18.4 Å². The van der Waals surface area contributed by atoms with E-state index in [-0.39, 0.29) is 17.1 Å². The predicted molar refractivity (Wildman–Crippen MR) is 62.6 cm³/mol. The highest BCUT2D eigenvalue weighted by atomic mass is 35.5. The molecule has 0 aliphatic rings. The maximum atomic E-state index is 12.6. The SMILES string of the molecule is N#CCCC[S@@](=O)c1ccc(Cl)c(C(F)(F)F)c1. The van der Waals surface area contributed by atoms with Crippen LogP contribution in [0, 0.1) is 11.3 Å². The Morgan fingerprint density at radius 3 is 2.61 bits per heavy atom. The highest BCUT2D eigenvalue weighted by molar-refractivity contribution is 7.85. The first-order valence-electron chi connectivity index (χ1n) is 4.98. The van der Waals surface area contributed by atoms with E-state index in [0.717, 1.165) is 12.1 Å². The first kappa shape index (κ1) is 15.0. The van der Waals surface area contributed by atoms with Crippen molar-refractivity contribution in [3.63, 3.8) is 0 Å². The summed E-state index contributed by atoms with van der Waals surface area (Å²) in [7, 11) is -1.55. The Morgan fingerprint density at radius 1 is 1.39 bits per heavy atom. The van der Waals surface area contributed by atoms with Crippen LogP contribution in [0.5, 0.6) is 0 Å². The van der Waals surface area contributed by atoms with Crippen molar-refractivity contribution in [2.75, 3.05) is 5.75 Å². The third-order valence-corrected chi connectivity index (χ3v) is 3.89. The van der Waals surface area contributed by atoms with E-state index >= 15 is 0 Å². The number of hydrogen-bond donors (Lipinski definition) is 0. The number of nitriles is 1. The summed E-state index contributed by atoms with van der Waals surface area (Å²) in [5.41, 5.74) is -0.990. The van der Waals surface area contributed by atoms with E-state index in [1.807, 2.05) is 6.07 Å². The second-order valence-electron chi connectivity index (χ2n) is 3.45. The maximum absolute atomic E-state index is 12.6. The summed E-state index contributed by atoms with van der Waals surface area (Å²) in [5.74, 6) is 0.159. The smallest absolute Gasteiger partial charge is 0.254 e. The molecule has 0 unspecified atom stereocenters. The van der Waals surface area contributed by atoms with Gasteiger partial charge >= 0.3 is 6.18 Å². The highest BCUT2D eigenvalue weighted by Crippen LogP contribution is 2.35. The van der Waals surface area contributed by atoms with Crippen molar-refractivity contribution in [3.8, 4) is 6.07 Å². The van der Waals surface area contributed by atoms with Gasteiger partial charge in [0.25, 0.3) is 0 Å². The van der Waals surface area contributed by atoms with Gasteiger partial charge in [0.15, 0.2) is 0 Å². The molecule has 2 nitrogen and oxygen atoms in total. The summed E-state index contributed by atoms with van der Waals surface area (Å²) < 4.78 is 49.4. The van der Waals surface area contributed by atoms with Crippen molar-refractivity contribution in [2.45, 2.75) is 23.9 Å². The van der Waals surface area contributed by atoms with Crippen LogP contribution in [0.15, 0.2) is 23.1 Å². The van der Waals surface area contributed by atoms with Crippen LogP contribution >= 0.6 is 11.6 Å². The number of benzene rings is 1. The van der Waals surface area contributed by atoms with E-state index in [9.17, 15) is 17.4 Å². The lowest BCUT2D eigenvalue weighted by atomic mass is 10.2. The number of halogens is 4. The Labute approximate surface area is 110 Å². The highest BCUT2D eigenvalue weighted by Gasteiger charge is 2.33. The molecule has 0 fully saturated rings. The molecular weight excluding hydrogens is 287 g/mol. The molecule has 0 amide bonds. The Kier molecular flexibility index (Phi) is 5.17. The quantitative estimate of drug-likeness (QED) is 0.793. The molecule has 0 radical (unpaired) electrons. The minimum Gasteiger partial charge on any atom is -0.254 e. The summed E-state index contributed by atoms with van der Waals surface area (Å²) in [6.45, 7) is 0. The Morgan fingerprint density at radius 2 is 2.06 bits per heavy atom. The minimum atomic E-state index is -4.57. The van der Waals surface area contributed by atoms with Gasteiger partial charge in [-0.05, 0) is 24.6 Å². The van der Waals surface area contributed by atoms with Crippen LogP contribution in [0.3, 0.4) is 0 Å². The fourth-order valence-electron chi connectivity index (χ4n) is 1.26. The second-order valence-corrected chi connectivity index (χ2v) is 5.43. The summed E-state index contributed by atoms with van der Waals surface area (Å²) in [6.07, 6.45) is -3.96. The van der Waals surface area contributed by atoms with E-state index in [0.29, 0.717) is 6.42 Å². The monoisotopic (exact) mass is 295 g/mol. The van der Waals surface area contributed by atoms with Crippen molar-refractivity contribution >= 4 is 22.4 Å². The van der Waals surface area contributed by atoms with E-state index in [4.69, 9.17) is 16.9 Å². The van der Waals surface area contributed by atoms with E-state index in [2.05, 4.69) is 0 Å². The van der Waals surface area contributed by atoms with Crippen molar-refractivity contribution < 1.29 is 17.4 Å². The van der Waals surface area contributed by atoms with Gasteiger partial charge in [0.1, 0.15) is 0 Å². The zero-order chi connectivity index (χ0) is 13.8. The van der Waals surface area contributed by atoms with Crippen LogP contribution < -0.4 is 0 Å². The molecule has 1 rings (SSSR count). The molecule has 0 saturated heterocycles. The molecule has 0 heterocycles. The molecule has 0 aliphatic carbocycles. The molecule has 0 saturated carbocycles. The molecule has 0 N–H and O–H groups in total. The lowest BCUT2D eigenvalue weighted by Gasteiger charge is -2.10. The van der Waals surface area contributed by atoms with E-state index in [1.54, 1.807) is 0 Å². The van der Waals surface area contributed by atoms with Crippen LogP contribution in [0.25, 0.3) is 0 Å². The van der Waals surface area contributed by atoms with Crippen LogP contribution in [-0.2, 0) is 17.0 Å². The predicted octanol–water partition coefficient (Wildman–Crippen LogP) is 3.77. The lowest BCUT2D eigenvalue weighted by Crippen LogP contribution is -2.07. The minimum absolute atomic E-state index is 0.0738. The lowest BCUT2D eigenvalue weighted by molar-refractivity contribution is -0.137. The second kappa shape index (κ2) is 6.21. The molecular formula is C11H9ClF3NOS. The zero-order valence-electron chi connectivity index (χ0n) is 9.13. The summed E-state index contributed by atoms with van der Waals surface area (Å²) in [5, 5.41) is 7.91. The number of alkyl halides is 3. The normalized spacial score (nSPS) is 13.1. The fraction of sp³-hybridized carbons (Fsp3) is 0.364. The van der Waals surface area contributed by atoms with E-state index in [1.165, 1.54) is 6.07 Å². The van der Waals surface area contributed by atoms with Gasteiger partial charge in [0.05, 0.1) is 27.5 Å². The summed E-state index contributed by atoms with van der Waals surface area (Å²) in [6, 6.07) is 5.07. The van der Waals surface area contributed by atoms with Gasteiger partial charge in [0.2, 0.25) is 0 Å². The molecule has 1 aromatic rings. The van der Waals surface area contributed by atoms with Gasteiger partial charge in [0, 0.05) is 17.1 Å². The van der Waals surface area contributed by atoms with Crippen molar-refractivity contribution in [1.82, 2.24) is 0 Å². The van der Waals surface area contributed by atoms with Gasteiger partial charge in [-0.3, -0.25) is 4.21 Å². The van der Waals surface area contributed by atoms with Gasteiger partial charge in [-0.1, -0.05) is 11.6 Å². The first-order valence-corrected chi connectivity index (χ1v) is 6.68. The van der Waals surface area contributed by atoms with E-state index < -0.39 is 27.6 Å². The van der Waals surface area contributed by atoms with Gasteiger partial charge < -0.3 is 0 Å². The average molecular weight is 296 g/mol. The summed E-state index contributed by atoms with van der Waals surface area (Å²) >= 11 is 5.45. The molecule has 0 spiro atoms. The molecule has 18 heavy (non-hydrogen) atoms. The van der Waals surface area contributed by atoms with Crippen LogP contribution in [-0.4, -0.2) is 9.96 Å².